The molecule has 254 valence electrons. The second-order valence-corrected chi connectivity index (χ2v) is 10.9. The number of methoxy groups -OCH3 is 1. The summed E-state index contributed by atoms with van der Waals surface area (Å²) >= 11 is 0. The van der Waals surface area contributed by atoms with Gasteiger partial charge in [-0.25, -0.2) is 8.78 Å². The molecule has 0 radical (unpaired) electrons. The number of ether oxygens (including phenoxy) is 1. The van der Waals surface area contributed by atoms with Crippen molar-refractivity contribution in [3.8, 4) is 11.1 Å². The number of carboxylic acid groups (broad SMARTS) is 1. The second kappa shape index (κ2) is 22.4. The third kappa shape index (κ3) is 13.9. The van der Waals surface area contributed by atoms with Gasteiger partial charge in [0, 0.05) is 31.5 Å². The molecule has 0 aliphatic heterocycles. The molecule has 0 unspecified atom stereocenters. The number of aliphatic carboxylic acids is 1. The molecule has 1 atom stereocenters. The summed E-state index contributed by atoms with van der Waals surface area (Å²) < 4.78 is 34.4. The lowest BCUT2D eigenvalue weighted by molar-refractivity contribution is -0.137. The highest BCUT2D eigenvalue weighted by atomic mass is 19.1. The fourth-order valence-corrected chi connectivity index (χ4v) is 4.55. The van der Waals surface area contributed by atoms with Gasteiger partial charge in [-0.3, -0.25) is 14.4 Å². The number of hydrogen-bond donors (Lipinski definition) is 3. The largest absolute Gasteiger partial charge is 0.481 e. The number of carbonyl (C=O) groups excluding carboxylic acids is 2. The van der Waals surface area contributed by atoms with Gasteiger partial charge in [0.25, 0.3) is 5.56 Å². The van der Waals surface area contributed by atoms with Crippen LogP contribution in [0.4, 0.5) is 8.78 Å². The van der Waals surface area contributed by atoms with Crippen molar-refractivity contribution < 1.29 is 33.0 Å². The minimum Gasteiger partial charge on any atom is -0.481 e. The van der Waals surface area contributed by atoms with Gasteiger partial charge in [0.1, 0.15) is 18.4 Å². The molecule has 11 heteroatoms. The van der Waals surface area contributed by atoms with E-state index in [9.17, 15) is 23.2 Å². The Kier molecular flexibility index (Phi) is 20.5. The molecule has 1 heterocycles. The summed E-state index contributed by atoms with van der Waals surface area (Å²) in [4.78, 5) is 40.8. The monoisotopic (exact) mass is 645 g/mol. The van der Waals surface area contributed by atoms with Gasteiger partial charge in [0.05, 0.1) is 18.6 Å². The molecule has 0 amide bonds. The van der Waals surface area contributed by atoms with Crippen molar-refractivity contribution in [3.05, 3.63) is 92.4 Å². The maximum Gasteiger partial charge on any atom is 0.305 e. The zero-order valence-corrected chi connectivity index (χ0v) is 28.2. The van der Waals surface area contributed by atoms with Gasteiger partial charge in [-0.2, -0.15) is 0 Å². The van der Waals surface area contributed by atoms with Gasteiger partial charge in [0.2, 0.25) is 0 Å². The fraction of sp³-hybridized carbons (Fsp3) is 0.429. The average molecular weight is 646 g/mol. The Hall–Kier alpha value is -4.06. The van der Waals surface area contributed by atoms with E-state index in [4.69, 9.17) is 14.6 Å². The highest BCUT2D eigenvalue weighted by molar-refractivity contribution is 5.74. The number of nitrogens with one attached hydrogen (secondary N) is 2. The molecule has 3 aromatic rings. The molecular weight excluding hydrogens is 596 g/mol. The molecule has 0 aliphatic carbocycles. The van der Waals surface area contributed by atoms with Crippen molar-refractivity contribution >= 4 is 19.0 Å². The van der Waals surface area contributed by atoms with Crippen molar-refractivity contribution in [2.45, 2.75) is 60.0 Å². The van der Waals surface area contributed by atoms with E-state index in [-0.39, 0.29) is 23.4 Å². The van der Waals surface area contributed by atoms with Gasteiger partial charge in [-0.05, 0) is 118 Å². The van der Waals surface area contributed by atoms with Crippen LogP contribution in [0.5, 0.6) is 0 Å². The number of aldehydes is 1. The number of aromatic nitrogens is 1. The molecular formula is C35H49F2N3O6. The van der Waals surface area contributed by atoms with Crippen molar-refractivity contribution in [1.82, 2.24) is 15.2 Å². The molecule has 3 N–H and O–H groups in total. The molecule has 9 nitrogen and oxygen atoms in total. The van der Waals surface area contributed by atoms with Crippen molar-refractivity contribution in [1.29, 1.82) is 0 Å². The smallest absolute Gasteiger partial charge is 0.305 e. The number of carbonyl (C=O) groups is 3. The lowest BCUT2D eigenvalue weighted by Gasteiger charge is -2.19. The van der Waals surface area contributed by atoms with Crippen LogP contribution in [0.2, 0.25) is 0 Å². The van der Waals surface area contributed by atoms with E-state index in [1.54, 1.807) is 59.3 Å². The van der Waals surface area contributed by atoms with Crippen LogP contribution in [0.15, 0.2) is 47.4 Å². The standard InChI is InChI=1S/C19H21F2NO2.C9H11NO3.C6H15N.CH2O/c1-10-6-14(20)7-11(2)18(10)13-5-12(3)19(21)15(8-13)16(22-4)9-17(23)24;1-13-6-5-10-4-2-3-8(7-11)9(10)12;1-6(2)4-5-7-3;1-2/h5-8,16,22H,9H2,1-4H3,(H,23,24);2-4,7H,5-6H2,1H3;6-7H,4-5H2,1-3H3;1H2/t16-;;;/m0.../s1. The van der Waals surface area contributed by atoms with Gasteiger partial charge in [-0.15, -0.1) is 0 Å². The first-order chi connectivity index (χ1) is 21.8. The number of aryl methyl sites for hydroxylation is 3. The zero-order chi connectivity index (χ0) is 35.4. The predicted octanol–water partition coefficient (Wildman–Crippen LogP) is 5.67. The topological polar surface area (TPSA) is 127 Å². The molecule has 0 bridgehead atoms. The number of nitrogens with zero attached hydrogens (tertiary/aromatic N) is 1. The molecule has 0 fully saturated rings. The molecule has 0 saturated carbocycles. The minimum absolute atomic E-state index is 0.179. The first-order valence-corrected chi connectivity index (χ1v) is 14.8. The summed E-state index contributed by atoms with van der Waals surface area (Å²) in [5.74, 6) is -0.901. The van der Waals surface area contributed by atoms with Crippen LogP contribution in [0.25, 0.3) is 11.1 Å². The van der Waals surface area contributed by atoms with Crippen molar-refractivity contribution in [2.75, 3.05) is 34.4 Å². The lowest BCUT2D eigenvalue weighted by Crippen LogP contribution is -2.24. The number of halogens is 2. The molecule has 2 aromatic carbocycles. The summed E-state index contributed by atoms with van der Waals surface area (Å²) in [6.07, 6.45) is 3.26. The van der Waals surface area contributed by atoms with E-state index in [0.29, 0.717) is 30.6 Å². The summed E-state index contributed by atoms with van der Waals surface area (Å²) in [6.45, 7) is 13.8. The number of benzene rings is 2. The van der Waals surface area contributed by atoms with E-state index in [0.717, 1.165) is 34.7 Å². The van der Waals surface area contributed by atoms with Crippen LogP contribution >= 0.6 is 0 Å². The van der Waals surface area contributed by atoms with Gasteiger partial charge in [-0.1, -0.05) is 13.8 Å². The van der Waals surface area contributed by atoms with Crippen molar-refractivity contribution in [3.63, 3.8) is 0 Å². The fourth-order valence-electron chi connectivity index (χ4n) is 4.55. The normalized spacial score (nSPS) is 10.8. The van der Waals surface area contributed by atoms with Crippen LogP contribution in [0.1, 0.15) is 65.3 Å². The molecule has 1 aromatic heterocycles. The average Bonchev–Trinajstić information content (AvgIpc) is 3.01. The number of rotatable bonds is 12. The van der Waals surface area contributed by atoms with Gasteiger partial charge in [0.15, 0.2) is 6.29 Å². The SMILES string of the molecule is C=O.CNCCC(C)C.CN[C@@H](CC(=O)O)c1cc(-c2c(C)cc(F)cc2C)cc(C)c1F.COCCn1cccc(C=O)c1=O. The van der Waals surface area contributed by atoms with Crippen LogP contribution in [-0.4, -0.2) is 63.1 Å². The van der Waals surface area contributed by atoms with Gasteiger partial charge < -0.3 is 29.8 Å². The Morgan fingerprint density at radius 1 is 1.07 bits per heavy atom. The third-order valence-electron chi connectivity index (χ3n) is 6.86. The molecule has 3 rings (SSSR count). The number of pyridine rings is 1. The highest BCUT2D eigenvalue weighted by Crippen LogP contribution is 2.33. The maximum atomic E-state index is 14.6. The summed E-state index contributed by atoms with van der Waals surface area (Å²) in [7, 11) is 5.15. The molecule has 0 saturated heterocycles. The quantitative estimate of drug-likeness (QED) is 0.215. The summed E-state index contributed by atoms with van der Waals surface area (Å²) in [5, 5.41) is 15.0. The van der Waals surface area contributed by atoms with Crippen LogP contribution < -0.4 is 16.2 Å². The van der Waals surface area contributed by atoms with Crippen molar-refractivity contribution in [2.24, 2.45) is 5.92 Å². The highest BCUT2D eigenvalue weighted by Gasteiger charge is 2.21. The van der Waals surface area contributed by atoms with E-state index in [1.807, 2.05) is 13.8 Å². The zero-order valence-electron chi connectivity index (χ0n) is 28.2. The van der Waals surface area contributed by atoms with E-state index in [1.165, 1.54) is 29.2 Å². The number of carboxylic acids is 1. The Balaban J connectivity index is 0.000000768. The lowest BCUT2D eigenvalue weighted by atomic mass is 9.90. The van der Waals surface area contributed by atoms with E-state index < -0.39 is 17.8 Å². The Morgan fingerprint density at radius 2 is 1.67 bits per heavy atom. The Bertz CT molecular complexity index is 1420. The predicted molar refractivity (Wildman–Crippen MR) is 179 cm³/mol. The minimum atomic E-state index is -1.01. The summed E-state index contributed by atoms with van der Waals surface area (Å²) in [6, 6.07) is 8.77. The first kappa shape index (κ1) is 41.9. The maximum absolute atomic E-state index is 14.6. The molecule has 0 aliphatic rings. The number of hydrogen-bond acceptors (Lipinski definition) is 7. The van der Waals surface area contributed by atoms with Crippen LogP contribution in [0.3, 0.4) is 0 Å². The third-order valence-corrected chi connectivity index (χ3v) is 6.86. The van der Waals surface area contributed by atoms with Crippen LogP contribution in [0, 0.1) is 38.3 Å². The molecule has 0 spiro atoms. The Labute approximate surface area is 271 Å². The van der Waals surface area contributed by atoms with Gasteiger partial charge >= 0.3 is 5.97 Å². The van der Waals surface area contributed by atoms with E-state index >= 15 is 0 Å². The Morgan fingerprint density at radius 3 is 2.13 bits per heavy atom. The first-order valence-electron chi connectivity index (χ1n) is 14.8. The van der Waals surface area contributed by atoms with Crippen LogP contribution in [-0.2, 0) is 20.9 Å². The van der Waals surface area contributed by atoms with E-state index in [2.05, 4.69) is 24.5 Å². The second-order valence-electron chi connectivity index (χ2n) is 10.9. The summed E-state index contributed by atoms with van der Waals surface area (Å²) in [5.41, 5.74) is 3.74. The molecule has 46 heavy (non-hydrogen) atoms.